The number of rotatable bonds is 3. The molecule has 2 atom stereocenters. The van der Waals surface area contributed by atoms with E-state index in [2.05, 4.69) is 15.3 Å². The van der Waals surface area contributed by atoms with Crippen LogP contribution in [-0.2, 0) is 0 Å². The van der Waals surface area contributed by atoms with Gasteiger partial charge in [-0.3, -0.25) is 0 Å². The van der Waals surface area contributed by atoms with Crippen LogP contribution >= 0.6 is 0 Å². The van der Waals surface area contributed by atoms with Gasteiger partial charge in [-0.05, 0) is 20.3 Å². The highest BCUT2D eigenvalue weighted by molar-refractivity contribution is 5.38. The van der Waals surface area contributed by atoms with Crippen molar-refractivity contribution in [2.45, 2.75) is 26.3 Å². The van der Waals surface area contributed by atoms with E-state index in [-0.39, 0.29) is 6.61 Å². The van der Waals surface area contributed by atoms with Crippen LogP contribution in [0.4, 0.5) is 5.82 Å². The van der Waals surface area contributed by atoms with E-state index >= 15 is 0 Å². The van der Waals surface area contributed by atoms with Gasteiger partial charge in [0.15, 0.2) is 0 Å². The molecular weight excluding hydrogens is 178 g/mol. The third-order valence-corrected chi connectivity index (χ3v) is 2.46. The van der Waals surface area contributed by atoms with Gasteiger partial charge in [-0.15, -0.1) is 0 Å². The molecule has 1 saturated carbocycles. The van der Waals surface area contributed by atoms with Gasteiger partial charge in [-0.1, -0.05) is 0 Å². The Bertz CT molecular complexity index is 320. The molecule has 0 radical (unpaired) electrons. The zero-order chi connectivity index (χ0) is 10.1. The topological polar surface area (TPSA) is 58.0 Å². The maximum Gasteiger partial charge on any atom is 0.130 e. The SMILES string of the molecule is Cc1cc(N[C@@H]2C[C@H]2CO)nc(C)n1. The first-order valence-corrected chi connectivity index (χ1v) is 4.88. The zero-order valence-electron chi connectivity index (χ0n) is 8.49. The predicted octanol–water partition coefficient (Wildman–Crippen LogP) is 0.886. The molecule has 0 saturated heterocycles. The van der Waals surface area contributed by atoms with Gasteiger partial charge in [0.2, 0.25) is 0 Å². The second-order valence-corrected chi connectivity index (χ2v) is 3.87. The van der Waals surface area contributed by atoms with Gasteiger partial charge in [0.25, 0.3) is 0 Å². The Balaban J connectivity index is 2.03. The summed E-state index contributed by atoms with van der Waals surface area (Å²) in [6.07, 6.45) is 1.04. The molecule has 76 valence electrons. The molecule has 0 aliphatic heterocycles. The molecule has 0 amide bonds. The second kappa shape index (κ2) is 3.53. The molecule has 2 rings (SSSR count). The number of aliphatic hydroxyl groups is 1. The van der Waals surface area contributed by atoms with Crippen molar-refractivity contribution in [2.24, 2.45) is 5.92 Å². The molecule has 2 N–H and O–H groups in total. The van der Waals surface area contributed by atoms with E-state index in [4.69, 9.17) is 5.11 Å². The molecule has 1 heterocycles. The third-order valence-electron chi connectivity index (χ3n) is 2.46. The van der Waals surface area contributed by atoms with Crippen molar-refractivity contribution >= 4 is 5.82 Å². The van der Waals surface area contributed by atoms with E-state index in [1.165, 1.54) is 0 Å². The summed E-state index contributed by atoms with van der Waals surface area (Å²) in [5, 5.41) is 12.2. The van der Waals surface area contributed by atoms with E-state index in [9.17, 15) is 0 Å². The minimum atomic E-state index is 0.265. The summed E-state index contributed by atoms with van der Waals surface area (Å²) in [6.45, 7) is 4.10. The molecule has 0 spiro atoms. The molecule has 4 heteroatoms. The fourth-order valence-electron chi connectivity index (χ4n) is 1.61. The van der Waals surface area contributed by atoms with Crippen LogP contribution < -0.4 is 5.32 Å². The normalized spacial score (nSPS) is 24.8. The largest absolute Gasteiger partial charge is 0.396 e. The minimum absolute atomic E-state index is 0.265. The number of anilines is 1. The molecule has 0 bridgehead atoms. The van der Waals surface area contributed by atoms with Crippen LogP contribution in [0.1, 0.15) is 17.9 Å². The van der Waals surface area contributed by atoms with Crippen molar-refractivity contribution < 1.29 is 5.11 Å². The Morgan fingerprint density at radius 1 is 1.50 bits per heavy atom. The first-order chi connectivity index (χ1) is 6.69. The average Bonchev–Trinajstić information content (AvgIpc) is 2.81. The number of hydrogen-bond acceptors (Lipinski definition) is 4. The summed E-state index contributed by atoms with van der Waals surface area (Å²) in [5.74, 6) is 2.07. The van der Waals surface area contributed by atoms with Crippen LogP contribution in [0, 0.1) is 19.8 Å². The lowest BCUT2D eigenvalue weighted by molar-refractivity contribution is 0.275. The highest BCUT2D eigenvalue weighted by Crippen LogP contribution is 2.32. The monoisotopic (exact) mass is 193 g/mol. The molecule has 4 nitrogen and oxygen atoms in total. The van der Waals surface area contributed by atoms with Gasteiger partial charge in [0.1, 0.15) is 11.6 Å². The molecule has 1 fully saturated rings. The van der Waals surface area contributed by atoms with Crippen molar-refractivity contribution in [3.8, 4) is 0 Å². The van der Waals surface area contributed by atoms with Crippen LogP contribution in [0.2, 0.25) is 0 Å². The standard InChI is InChI=1S/C10H15N3O/c1-6-3-10(12-7(2)11-6)13-9-4-8(9)5-14/h3,8-9,14H,4-5H2,1-2H3,(H,11,12,13)/t8-,9+/m0/s1. The summed E-state index contributed by atoms with van der Waals surface area (Å²) in [6, 6.07) is 2.33. The zero-order valence-corrected chi connectivity index (χ0v) is 8.49. The number of hydrogen-bond donors (Lipinski definition) is 2. The molecule has 1 aliphatic rings. The summed E-state index contributed by atoms with van der Waals surface area (Å²) < 4.78 is 0. The quantitative estimate of drug-likeness (QED) is 0.748. The van der Waals surface area contributed by atoms with E-state index < -0.39 is 0 Å². The smallest absolute Gasteiger partial charge is 0.130 e. The lowest BCUT2D eigenvalue weighted by Crippen LogP contribution is -2.09. The molecule has 0 aromatic carbocycles. The number of aromatic nitrogens is 2. The molecule has 14 heavy (non-hydrogen) atoms. The molecule has 1 aromatic heterocycles. The van der Waals surface area contributed by atoms with Gasteiger partial charge in [-0.2, -0.15) is 0 Å². The van der Waals surface area contributed by atoms with E-state index in [1.807, 2.05) is 19.9 Å². The molecule has 0 unspecified atom stereocenters. The summed E-state index contributed by atoms with van der Waals surface area (Å²) in [7, 11) is 0. The lowest BCUT2D eigenvalue weighted by atomic mass is 10.4. The van der Waals surface area contributed by atoms with Crippen molar-refractivity contribution in [1.29, 1.82) is 0 Å². The Hall–Kier alpha value is -1.16. The predicted molar refractivity (Wildman–Crippen MR) is 54.1 cm³/mol. The van der Waals surface area contributed by atoms with Crippen LogP contribution in [0.3, 0.4) is 0 Å². The van der Waals surface area contributed by atoms with E-state index in [0.717, 1.165) is 23.8 Å². The second-order valence-electron chi connectivity index (χ2n) is 3.87. The maximum atomic E-state index is 8.89. The van der Waals surface area contributed by atoms with Crippen molar-refractivity contribution in [1.82, 2.24) is 9.97 Å². The molecule has 1 aliphatic carbocycles. The van der Waals surface area contributed by atoms with Crippen LogP contribution in [-0.4, -0.2) is 27.7 Å². The molecular formula is C10H15N3O. The Morgan fingerprint density at radius 2 is 2.29 bits per heavy atom. The summed E-state index contributed by atoms with van der Waals surface area (Å²) in [4.78, 5) is 8.48. The minimum Gasteiger partial charge on any atom is -0.396 e. The van der Waals surface area contributed by atoms with Gasteiger partial charge >= 0.3 is 0 Å². The van der Waals surface area contributed by atoms with E-state index in [0.29, 0.717) is 12.0 Å². The van der Waals surface area contributed by atoms with Crippen molar-refractivity contribution in [3.05, 3.63) is 17.6 Å². The average molecular weight is 193 g/mol. The van der Waals surface area contributed by atoms with Gasteiger partial charge < -0.3 is 10.4 Å². The lowest BCUT2D eigenvalue weighted by Gasteiger charge is -2.05. The van der Waals surface area contributed by atoms with Crippen LogP contribution in [0.5, 0.6) is 0 Å². The highest BCUT2D eigenvalue weighted by atomic mass is 16.3. The third kappa shape index (κ3) is 2.01. The fraction of sp³-hybridized carbons (Fsp3) is 0.600. The summed E-state index contributed by atoms with van der Waals surface area (Å²) in [5.41, 5.74) is 0.973. The highest BCUT2D eigenvalue weighted by Gasteiger charge is 2.36. The van der Waals surface area contributed by atoms with Gasteiger partial charge in [0.05, 0.1) is 0 Å². The van der Waals surface area contributed by atoms with Crippen molar-refractivity contribution in [3.63, 3.8) is 0 Å². The maximum absolute atomic E-state index is 8.89. The first kappa shape index (κ1) is 9.40. The molecule has 1 aromatic rings. The Labute approximate surface area is 83.4 Å². The van der Waals surface area contributed by atoms with E-state index in [1.54, 1.807) is 0 Å². The van der Waals surface area contributed by atoms with Gasteiger partial charge in [-0.25, -0.2) is 9.97 Å². The van der Waals surface area contributed by atoms with Crippen LogP contribution in [0.15, 0.2) is 6.07 Å². The number of nitrogens with one attached hydrogen (secondary N) is 1. The van der Waals surface area contributed by atoms with Crippen LogP contribution in [0.25, 0.3) is 0 Å². The number of aryl methyl sites for hydroxylation is 2. The Kier molecular flexibility index (Phi) is 2.37. The number of aliphatic hydroxyl groups excluding tert-OH is 1. The number of nitrogens with zero attached hydrogens (tertiary/aromatic N) is 2. The fourth-order valence-corrected chi connectivity index (χ4v) is 1.61. The summed E-state index contributed by atoms with van der Waals surface area (Å²) >= 11 is 0. The van der Waals surface area contributed by atoms with Crippen molar-refractivity contribution in [2.75, 3.05) is 11.9 Å². The van der Waals surface area contributed by atoms with Gasteiger partial charge in [0, 0.05) is 30.3 Å². The first-order valence-electron chi connectivity index (χ1n) is 4.88. The Morgan fingerprint density at radius 3 is 2.86 bits per heavy atom.